The van der Waals surface area contributed by atoms with E-state index in [4.69, 9.17) is 34.8 Å². The molecule has 0 radical (unpaired) electrons. The van der Waals surface area contributed by atoms with Crippen LogP contribution in [0.2, 0.25) is 15.1 Å². The van der Waals surface area contributed by atoms with Crippen LogP contribution in [0, 0.1) is 0 Å². The summed E-state index contributed by atoms with van der Waals surface area (Å²) in [5.41, 5.74) is 1.52. The monoisotopic (exact) mass is 505 g/mol. The number of amides is 2. The Morgan fingerprint density at radius 1 is 0.903 bits per heavy atom. The lowest BCUT2D eigenvalue weighted by Crippen LogP contribution is -2.27. The Bertz CT molecular complexity index is 1200. The maximum Gasteiger partial charge on any atom is 0.293 e. The first kappa shape index (κ1) is 22.3. The van der Waals surface area contributed by atoms with E-state index in [2.05, 4.69) is 0 Å². The lowest BCUT2D eigenvalue weighted by Gasteiger charge is -2.13. The maximum absolute atomic E-state index is 12.9. The van der Waals surface area contributed by atoms with Gasteiger partial charge in [-0.15, -0.1) is 0 Å². The van der Waals surface area contributed by atoms with E-state index in [9.17, 15) is 9.59 Å². The molecule has 3 aromatic rings. The minimum atomic E-state index is -0.340. The van der Waals surface area contributed by atoms with Gasteiger partial charge in [-0.2, -0.15) is 0 Å². The van der Waals surface area contributed by atoms with Gasteiger partial charge in [0.05, 0.1) is 11.4 Å². The van der Waals surface area contributed by atoms with Gasteiger partial charge in [-0.1, -0.05) is 70.8 Å². The fraction of sp³-hybridized carbons (Fsp3) is 0.0435. The number of imide groups is 1. The SMILES string of the molecule is O=C1S/C(=C\c2ccccc2Sc2ccc(Cl)cc2)C(=O)N1Cc1ccc(Cl)cc1Cl. The number of halogens is 3. The van der Waals surface area contributed by atoms with Crippen molar-refractivity contribution in [2.45, 2.75) is 16.3 Å². The number of hydrogen-bond donors (Lipinski definition) is 0. The molecule has 31 heavy (non-hydrogen) atoms. The molecule has 8 heteroatoms. The van der Waals surface area contributed by atoms with Crippen LogP contribution in [0.25, 0.3) is 6.08 Å². The van der Waals surface area contributed by atoms with Crippen LogP contribution in [0.3, 0.4) is 0 Å². The zero-order valence-corrected chi connectivity index (χ0v) is 19.8. The van der Waals surface area contributed by atoms with E-state index in [0.29, 0.717) is 25.5 Å². The van der Waals surface area contributed by atoms with Gasteiger partial charge in [0.2, 0.25) is 0 Å². The van der Waals surface area contributed by atoms with E-state index in [1.54, 1.807) is 36.0 Å². The first-order chi connectivity index (χ1) is 14.9. The molecule has 0 spiro atoms. The Morgan fingerprint density at radius 2 is 1.61 bits per heavy atom. The third-order valence-corrected chi connectivity index (χ3v) is 7.31. The molecule has 0 aliphatic carbocycles. The summed E-state index contributed by atoms with van der Waals surface area (Å²) in [5.74, 6) is -0.340. The van der Waals surface area contributed by atoms with Gasteiger partial charge in [0.1, 0.15) is 0 Å². The summed E-state index contributed by atoms with van der Waals surface area (Å²) in [6, 6.07) is 20.3. The number of carbonyl (C=O) groups is 2. The lowest BCUT2D eigenvalue weighted by atomic mass is 10.2. The second kappa shape index (κ2) is 9.72. The predicted molar refractivity (Wildman–Crippen MR) is 130 cm³/mol. The quantitative estimate of drug-likeness (QED) is 0.328. The van der Waals surface area contributed by atoms with Crippen LogP contribution >= 0.6 is 58.3 Å². The van der Waals surface area contributed by atoms with E-state index in [-0.39, 0.29) is 17.7 Å². The summed E-state index contributed by atoms with van der Waals surface area (Å²) in [4.78, 5) is 29.0. The number of benzene rings is 3. The number of hydrogen-bond acceptors (Lipinski definition) is 4. The van der Waals surface area contributed by atoms with Crippen molar-refractivity contribution >= 4 is 75.5 Å². The van der Waals surface area contributed by atoms with Crippen LogP contribution in [0.5, 0.6) is 0 Å². The average molecular weight is 507 g/mol. The molecule has 3 nitrogen and oxygen atoms in total. The highest BCUT2D eigenvalue weighted by Gasteiger charge is 2.35. The standard InChI is InChI=1S/C23H14Cl3NO2S2/c24-16-7-9-18(10-8-16)30-20-4-2-1-3-14(20)11-21-22(28)27(23(29)31-21)13-15-5-6-17(25)12-19(15)26/h1-12H,13H2/b21-11-. The number of carbonyl (C=O) groups excluding carboxylic acids is 2. The first-order valence-electron chi connectivity index (χ1n) is 9.12. The Kier molecular flexibility index (Phi) is 6.99. The van der Waals surface area contributed by atoms with Crippen molar-refractivity contribution in [1.29, 1.82) is 0 Å². The maximum atomic E-state index is 12.9. The van der Waals surface area contributed by atoms with Crippen LogP contribution in [-0.2, 0) is 11.3 Å². The molecule has 1 aliphatic heterocycles. The second-order valence-electron chi connectivity index (χ2n) is 6.60. The molecule has 0 atom stereocenters. The molecule has 4 rings (SSSR count). The molecule has 1 aliphatic rings. The molecular formula is C23H14Cl3NO2S2. The third kappa shape index (κ3) is 5.30. The van der Waals surface area contributed by atoms with Gasteiger partial charge in [-0.25, -0.2) is 0 Å². The summed E-state index contributed by atoms with van der Waals surface area (Å²) in [7, 11) is 0. The average Bonchev–Trinajstić information content (AvgIpc) is 3.00. The Balaban J connectivity index is 1.57. The van der Waals surface area contributed by atoms with Crippen LogP contribution in [0.4, 0.5) is 4.79 Å². The highest BCUT2D eigenvalue weighted by atomic mass is 35.5. The zero-order chi connectivity index (χ0) is 22.0. The number of thioether (sulfide) groups is 1. The zero-order valence-electron chi connectivity index (χ0n) is 15.8. The van der Waals surface area contributed by atoms with Crippen LogP contribution < -0.4 is 0 Å². The molecule has 0 unspecified atom stereocenters. The molecule has 0 N–H and O–H groups in total. The van der Waals surface area contributed by atoms with Crippen LogP contribution in [0.1, 0.15) is 11.1 Å². The van der Waals surface area contributed by atoms with Gasteiger partial charge in [-0.05, 0) is 71.4 Å². The summed E-state index contributed by atoms with van der Waals surface area (Å²) >= 11 is 20.6. The van der Waals surface area contributed by atoms with E-state index < -0.39 is 0 Å². The van der Waals surface area contributed by atoms with E-state index in [1.807, 2.05) is 48.5 Å². The van der Waals surface area contributed by atoms with Crippen molar-refractivity contribution in [3.63, 3.8) is 0 Å². The van der Waals surface area contributed by atoms with Crippen molar-refractivity contribution in [2.75, 3.05) is 0 Å². The fourth-order valence-corrected chi connectivity index (χ4v) is 5.26. The molecule has 0 saturated carbocycles. The van der Waals surface area contributed by atoms with E-state index in [1.165, 1.54) is 4.90 Å². The largest absolute Gasteiger partial charge is 0.293 e. The van der Waals surface area contributed by atoms with Gasteiger partial charge in [-0.3, -0.25) is 14.5 Å². The van der Waals surface area contributed by atoms with Crippen molar-refractivity contribution in [3.8, 4) is 0 Å². The normalized spacial score (nSPS) is 15.2. The Morgan fingerprint density at radius 3 is 2.35 bits per heavy atom. The smallest absolute Gasteiger partial charge is 0.268 e. The van der Waals surface area contributed by atoms with E-state index >= 15 is 0 Å². The molecule has 0 aromatic heterocycles. The molecule has 0 bridgehead atoms. The van der Waals surface area contributed by atoms with Gasteiger partial charge >= 0.3 is 0 Å². The van der Waals surface area contributed by atoms with Crippen molar-refractivity contribution in [3.05, 3.63) is 97.8 Å². The van der Waals surface area contributed by atoms with Crippen LogP contribution in [0.15, 0.2) is 81.4 Å². The summed E-state index contributed by atoms with van der Waals surface area (Å²) in [6.45, 7) is 0.0964. The topological polar surface area (TPSA) is 37.4 Å². The molecule has 1 saturated heterocycles. The van der Waals surface area contributed by atoms with Crippen molar-refractivity contribution < 1.29 is 9.59 Å². The van der Waals surface area contributed by atoms with E-state index in [0.717, 1.165) is 27.1 Å². The molecule has 3 aromatic carbocycles. The highest BCUT2D eigenvalue weighted by molar-refractivity contribution is 8.18. The fourth-order valence-electron chi connectivity index (χ4n) is 2.92. The molecule has 156 valence electrons. The molecule has 1 fully saturated rings. The number of nitrogens with zero attached hydrogens (tertiary/aromatic N) is 1. The summed E-state index contributed by atoms with van der Waals surface area (Å²) in [6.07, 6.45) is 1.76. The van der Waals surface area contributed by atoms with Gasteiger partial charge in [0.15, 0.2) is 0 Å². The minimum absolute atomic E-state index is 0.0964. The lowest BCUT2D eigenvalue weighted by molar-refractivity contribution is -0.123. The third-order valence-electron chi connectivity index (χ3n) is 4.46. The summed E-state index contributed by atoms with van der Waals surface area (Å²) in [5, 5.41) is 1.26. The first-order valence-corrected chi connectivity index (χ1v) is 11.9. The molecule has 2 amide bonds. The Labute approximate surface area is 203 Å². The number of rotatable bonds is 5. The van der Waals surface area contributed by atoms with Crippen molar-refractivity contribution in [2.24, 2.45) is 0 Å². The highest BCUT2D eigenvalue weighted by Crippen LogP contribution is 2.37. The van der Waals surface area contributed by atoms with Gasteiger partial charge in [0.25, 0.3) is 11.1 Å². The van der Waals surface area contributed by atoms with Gasteiger partial charge < -0.3 is 0 Å². The molecule has 1 heterocycles. The summed E-state index contributed by atoms with van der Waals surface area (Å²) < 4.78 is 0. The van der Waals surface area contributed by atoms with Crippen LogP contribution in [-0.4, -0.2) is 16.0 Å². The van der Waals surface area contributed by atoms with Crippen molar-refractivity contribution in [1.82, 2.24) is 4.90 Å². The predicted octanol–water partition coefficient (Wildman–Crippen LogP) is 8.03. The Hall–Kier alpha value is -1.89. The second-order valence-corrected chi connectivity index (χ2v) is 9.99. The molecular weight excluding hydrogens is 493 g/mol. The minimum Gasteiger partial charge on any atom is -0.268 e. The van der Waals surface area contributed by atoms with Gasteiger partial charge in [0, 0.05) is 24.9 Å².